The monoisotopic (exact) mass is 376 g/mol. The summed E-state index contributed by atoms with van der Waals surface area (Å²) in [6.45, 7) is 3.41. The zero-order valence-corrected chi connectivity index (χ0v) is 15.0. The molecular weight excluding hydrogens is 358 g/mol. The smallest absolute Gasteiger partial charge is 0.294 e. The van der Waals surface area contributed by atoms with Gasteiger partial charge in [-0.05, 0) is 32.0 Å². The molecule has 2 N–H and O–H groups in total. The number of hydrogen-bond donors (Lipinski definition) is 2. The van der Waals surface area contributed by atoms with Crippen molar-refractivity contribution in [2.45, 2.75) is 19.4 Å². The van der Waals surface area contributed by atoms with Crippen LogP contribution in [0.3, 0.4) is 0 Å². The second-order valence-electron chi connectivity index (χ2n) is 6.69. The van der Waals surface area contributed by atoms with E-state index in [4.69, 9.17) is 4.74 Å². The summed E-state index contributed by atoms with van der Waals surface area (Å²) < 4.78 is 33.4. The number of halogens is 2. The number of aliphatic hydroxyl groups excluding tert-OH is 1. The largest absolute Gasteiger partial charge is 0.448 e. The molecule has 0 aliphatic rings. The predicted octanol–water partition coefficient (Wildman–Crippen LogP) is 2.58. The van der Waals surface area contributed by atoms with Crippen molar-refractivity contribution in [3.63, 3.8) is 0 Å². The lowest BCUT2D eigenvalue weighted by molar-refractivity contribution is 0.233. The second kappa shape index (κ2) is 6.92. The summed E-state index contributed by atoms with van der Waals surface area (Å²) in [6, 6.07) is 4.20. The van der Waals surface area contributed by atoms with E-state index in [-0.39, 0.29) is 24.1 Å². The number of aliphatic hydroxyl groups is 1. The molecule has 1 aromatic carbocycles. The molecule has 3 rings (SSSR count). The molecule has 0 aliphatic heterocycles. The molecule has 0 aliphatic carbocycles. The Labute approximate surface area is 153 Å². The summed E-state index contributed by atoms with van der Waals surface area (Å²) in [6.07, 6.45) is 1.48. The van der Waals surface area contributed by atoms with E-state index in [1.54, 1.807) is 13.8 Å². The second-order valence-corrected chi connectivity index (χ2v) is 6.69. The Morgan fingerprint density at radius 3 is 2.67 bits per heavy atom. The van der Waals surface area contributed by atoms with E-state index in [9.17, 15) is 18.7 Å². The minimum atomic E-state index is -0.917. The van der Waals surface area contributed by atoms with Crippen LogP contribution in [0, 0.1) is 11.6 Å². The van der Waals surface area contributed by atoms with Crippen LogP contribution in [0.1, 0.15) is 13.8 Å². The minimum absolute atomic E-state index is 0.136. The number of aromatic nitrogens is 3. The van der Waals surface area contributed by atoms with E-state index in [2.05, 4.69) is 15.3 Å². The highest BCUT2D eigenvalue weighted by Gasteiger charge is 2.18. The maximum Gasteiger partial charge on any atom is 0.294 e. The van der Waals surface area contributed by atoms with Crippen LogP contribution in [0.2, 0.25) is 0 Å². The van der Waals surface area contributed by atoms with E-state index in [0.717, 1.165) is 12.1 Å². The van der Waals surface area contributed by atoms with Crippen molar-refractivity contribution < 1.29 is 18.6 Å². The topological polar surface area (TPSA) is 89.3 Å². The molecule has 0 fully saturated rings. The van der Waals surface area contributed by atoms with Crippen LogP contribution >= 0.6 is 0 Å². The van der Waals surface area contributed by atoms with Crippen LogP contribution in [-0.4, -0.2) is 31.8 Å². The van der Waals surface area contributed by atoms with Crippen LogP contribution in [-0.2, 0) is 7.05 Å². The van der Waals surface area contributed by atoms with E-state index >= 15 is 0 Å². The fourth-order valence-corrected chi connectivity index (χ4v) is 2.37. The highest BCUT2D eigenvalue weighted by molar-refractivity contribution is 5.76. The zero-order valence-electron chi connectivity index (χ0n) is 15.0. The molecule has 2 heterocycles. The van der Waals surface area contributed by atoms with Crippen molar-refractivity contribution in [2.75, 3.05) is 11.9 Å². The molecular formula is C18H18F2N4O3. The predicted molar refractivity (Wildman–Crippen MR) is 96.0 cm³/mol. The van der Waals surface area contributed by atoms with Crippen molar-refractivity contribution in [3.05, 3.63) is 52.5 Å². The number of ether oxygens (including phenoxy) is 1. The molecule has 3 aromatic rings. The molecule has 0 radical (unpaired) electrons. The third kappa shape index (κ3) is 3.87. The number of benzene rings is 1. The Kier molecular flexibility index (Phi) is 4.79. The Bertz CT molecular complexity index is 1070. The lowest BCUT2D eigenvalue weighted by Gasteiger charge is -2.23. The van der Waals surface area contributed by atoms with Crippen LogP contribution in [0.25, 0.3) is 11.0 Å². The first-order valence-electron chi connectivity index (χ1n) is 8.09. The number of pyridine rings is 1. The van der Waals surface area contributed by atoms with E-state index in [1.165, 1.54) is 23.9 Å². The van der Waals surface area contributed by atoms with Gasteiger partial charge in [-0.3, -0.25) is 9.36 Å². The first-order valence-corrected chi connectivity index (χ1v) is 8.09. The third-order valence-corrected chi connectivity index (χ3v) is 3.87. The van der Waals surface area contributed by atoms with Crippen molar-refractivity contribution in [3.8, 4) is 11.5 Å². The van der Waals surface area contributed by atoms with E-state index in [1.807, 2.05) is 0 Å². The van der Waals surface area contributed by atoms with Gasteiger partial charge in [0.05, 0.1) is 12.1 Å². The van der Waals surface area contributed by atoms with Gasteiger partial charge < -0.3 is 15.2 Å². The van der Waals surface area contributed by atoms with Gasteiger partial charge in [0.2, 0.25) is 5.95 Å². The van der Waals surface area contributed by atoms with Crippen LogP contribution in [0.15, 0.2) is 35.3 Å². The zero-order chi connectivity index (χ0) is 19.8. The number of nitrogens with zero attached hydrogens (tertiary/aromatic N) is 3. The van der Waals surface area contributed by atoms with Gasteiger partial charge in [0.1, 0.15) is 11.5 Å². The highest BCUT2D eigenvalue weighted by Crippen LogP contribution is 2.25. The fraction of sp³-hybridized carbons (Fsp3) is 0.278. The average Bonchev–Trinajstić information content (AvgIpc) is 2.62. The fourth-order valence-electron chi connectivity index (χ4n) is 2.37. The molecule has 0 saturated heterocycles. The van der Waals surface area contributed by atoms with Gasteiger partial charge in [0, 0.05) is 24.7 Å². The van der Waals surface area contributed by atoms with Crippen LogP contribution in [0.4, 0.5) is 14.7 Å². The first kappa shape index (κ1) is 18.7. The molecule has 7 nitrogen and oxygen atoms in total. The van der Waals surface area contributed by atoms with Gasteiger partial charge in [0.25, 0.3) is 5.56 Å². The quantitative estimate of drug-likeness (QED) is 0.712. The molecule has 9 heteroatoms. The Morgan fingerprint density at radius 1 is 1.26 bits per heavy atom. The summed E-state index contributed by atoms with van der Waals surface area (Å²) in [5.74, 6) is -1.83. The van der Waals surface area contributed by atoms with Gasteiger partial charge in [-0.15, -0.1) is 0 Å². The summed E-state index contributed by atoms with van der Waals surface area (Å²) in [5.41, 5.74) is -0.856. The lowest BCUT2D eigenvalue weighted by atomic mass is 10.1. The standard InChI is InChI=1S/C18H18F2N4O3/c1-18(2,9-25)23-17-21-8-10-6-14(16(26)24(3)15(10)22-17)27-13-5-4-11(19)7-12(13)20/h4-8,25H,9H2,1-3H3,(H,21,22,23). The summed E-state index contributed by atoms with van der Waals surface area (Å²) in [4.78, 5) is 21.0. The number of rotatable bonds is 5. The summed E-state index contributed by atoms with van der Waals surface area (Å²) >= 11 is 0. The van der Waals surface area contributed by atoms with Crippen LogP contribution in [0.5, 0.6) is 11.5 Å². The number of anilines is 1. The molecule has 142 valence electrons. The van der Waals surface area contributed by atoms with Crippen molar-refractivity contribution in [2.24, 2.45) is 7.05 Å². The molecule has 0 saturated carbocycles. The molecule has 0 bridgehead atoms. The summed E-state index contributed by atoms with van der Waals surface area (Å²) in [5, 5.41) is 12.8. The minimum Gasteiger partial charge on any atom is -0.448 e. The van der Waals surface area contributed by atoms with Gasteiger partial charge in [-0.25, -0.2) is 13.8 Å². The first-order chi connectivity index (χ1) is 12.7. The Balaban J connectivity index is 2.02. The third-order valence-electron chi connectivity index (χ3n) is 3.87. The Hall–Kier alpha value is -3.07. The van der Waals surface area contributed by atoms with E-state index < -0.39 is 22.7 Å². The van der Waals surface area contributed by atoms with Crippen molar-refractivity contribution in [1.29, 1.82) is 0 Å². The van der Waals surface area contributed by atoms with Crippen molar-refractivity contribution >= 4 is 17.0 Å². The molecule has 0 unspecified atom stereocenters. The molecule has 2 aromatic heterocycles. The normalized spacial score (nSPS) is 11.6. The highest BCUT2D eigenvalue weighted by atomic mass is 19.1. The average molecular weight is 376 g/mol. The van der Waals surface area contributed by atoms with Gasteiger partial charge >= 0.3 is 0 Å². The molecule has 0 amide bonds. The molecule has 0 spiro atoms. The molecule has 0 atom stereocenters. The SMILES string of the molecule is Cn1c(=O)c(Oc2ccc(F)cc2F)cc2cnc(NC(C)(C)CO)nc21. The maximum atomic E-state index is 13.8. The summed E-state index contributed by atoms with van der Waals surface area (Å²) in [7, 11) is 1.49. The van der Waals surface area contributed by atoms with Crippen molar-refractivity contribution in [1.82, 2.24) is 14.5 Å². The Morgan fingerprint density at radius 2 is 2.00 bits per heavy atom. The number of aryl methyl sites for hydroxylation is 1. The number of fused-ring (bicyclic) bond motifs is 1. The van der Waals surface area contributed by atoms with Gasteiger partial charge in [0.15, 0.2) is 17.3 Å². The van der Waals surface area contributed by atoms with Gasteiger partial charge in [-0.2, -0.15) is 4.98 Å². The van der Waals surface area contributed by atoms with Gasteiger partial charge in [-0.1, -0.05) is 0 Å². The van der Waals surface area contributed by atoms with Crippen LogP contribution < -0.4 is 15.6 Å². The number of nitrogens with one attached hydrogen (secondary N) is 1. The lowest BCUT2D eigenvalue weighted by Crippen LogP contribution is -2.35. The number of hydrogen-bond acceptors (Lipinski definition) is 6. The molecule has 27 heavy (non-hydrogen) atoms. The van der Waals surface area contributed by atoms with E-state index in [0.29, 0.717) is 17.1 Å². The maximum absolute atomic E-state index is 13.8.